The number of hydrogen-bond acceptors (Lipinski definition) is 3. The van der Waals surface area contributed by atoms with Gasteiger partial charge in [0.25, 0.3) is 0 Å². The molecule has 0 fully saturated rings. The van der Waals surface area contributed by atoms with Gasteiger partial charge in [-0.3, -0.25) is 9.97 Å². The van der Waals surface area contributed by atoms with Crippen molar-refractivity contribution in [3.8, 4) is 5.75 Å². The second-order valence-electron chi connectivity index (χ2n) is 3.37. The second-order valence-corrected chi connectivity index (χ2v) is 3.37. The van der Waals surface area contributed by atoms with Gasteiger partial charge >= 0.3 is 0 Å². The summed E-state index contributed by atoms with van der Waals surface area (Å²) in [7, 11) is 0. The topological polar surface area (TPSA) is 46.0 Å². The standard InChI is InChI=1S/C12H8N2O/c15-11-7-10-12(14-6-5-13-10)9-4-2-1-3-8(9)11/h1-7,15H. The molecule has 2 aromatic carbocycles. The SMILES string of the molecule is Oc1cc2nccnc2c2ccccc12. The highest BCUT2D eigenvalue weighted by Gasteiger charge is 2.05. The van der Waals surface area contributed by atoms with Gasteiger partial charge in [-0.1, -0.05) is 24.3 Å². The normalized spacial score (nSPS) is 10.9. The summed E-state index contributed by atoms with van der Waals surface area (Å²) >= 11 is 0. The van der Waals surface area contributed by atoms with Gasteiger partial charge in [-0.2, -0.15) is 0 Å². The largest absolute Gasteiger partial charge is 0.507 e. The molecule has 0 atom stereocenters. The smallest absolute Gasteiger partial charge is 0.125 e. The molecule has 1 aromatic heterocycles. The van der Waals surface area contributed by atoms with Crippen molar-refractivity contribution in [1.82, 2.24) is 9.97 Å². The fourth-order valence-electron chi connectivity index (χ4n) is 1.78. The van der Waals surface area contributed by atoms with Crippen molar-refractivity contribution >= 4 is 21.8 Å². The molecule has 3 aromatic rings. The molecule has 0 unspecified atom stereocenters. The van der Waals surface area contributed by atoms with Gasteiger partial charge in [-0.05, 0) is 0 Å². The Kier molecular flexibility index (Phi) is 1.59. The minimum absolute atomic E-state index is 0.249. The highest BCUT2D eigenvalue weighted by Crippen LogP contribution is 2.29. The Morgan fingerprint density at radius 2 is 1.67 bits per heavy atom. The van der Waals surface area contributed by atoms with Crippen LogP contribution in [-0.4, -0.2) is 15.1 Å². The Labute approximate surface area is 86.0 Å². The third-order valence-corrected chi connectivity index (χ3v) is 2.46. The maximum Gasteiger partial charge on any atom is 0.125 e. The van der Waals surface area contributed by atoms with E-state index in [2.05, 4.69) is 9.97 Å². The van der Waals surface area contributed by atoms with Crippen molar-refractivity contribution < 1.29 is 5.11 Å². The van der Waals surface area contributed by atoms with Gasteiger partial charge in [0.05, 0.1) is 11.0 Å². The number of hydrogen-bond donors (Lipinski definition) is 1. The van der Waals surface area contributed by atoms with E-state index in [1.807, 2.05) is 24.3 Å². The van der Waals surface area contributed by atoms with E-state index >= 15 is 0 Å². The third-order valence-electron chi connectivity index (χ3n) is 2.46. The average molecular weight is 196 g/mol. The summed E-state index contributed by atoms with van der Waals surface area (Å²) in [6.45, 7) is 0. The summed E-state index contributed by atoms with van der Waals surface area (Å²) in [6, 6.07) is 9.27. The molecule has 0 aliphatic rings. The van der Waals surface area contributed by atoms with E-state index in [0.717, 1.165) is 16.3 Å². The maximum atomic E-state index is 9.80. The Hall–Kier alpha value is -2.16. The number of aromatic hydroxyl groups is 1. The van der Waals surface area contributed by atoms with Crippen LogP contribution in [0.15, 0.2) is 42.7 Å². The minimum Gasteiger partial charge on any atom is -0.507 e. The fourth-order valence-corrected chi connectivity index (χ4v) is 1.78. The number of rotatable bonds is 0. The number of benzene rings is 2. The molecular weight excluding hydrogens is 188 g/mol. The Balaban J connectivity index is 2.64. The average Bonchev–Trinajstić information content (AvgIpc) is 2.30. The molecule has 0 aliphatic heterocycles. The second kappa shape index (κ2) is 2.92. The molecule has 0 radical (unpaired) electrons. The molecule has 72 valence electrons. The molecule has 0 amide bonds. The van der Waals surface area contributed by atoms with Gasteiger partial charge < -0.3 is 5.11 Å². The first-order valence-corrected chi connectivity index (χ1v) is 4.68. The van der Waals surface area contributed by atoms with E-state index in [-0.39, 0.29) is 5.75 Å². The van der Waals surface area contributed by atoms with Crippen LogP contribution in [0.2, 0.25) is 0 Å². The highest BCUT2D eigenvalue weighted by molar-refractivity contribution is 6.06. The Morgan fingerprint density at radius 1 is 0.933 bits per heavy atom. The van der Waals surface area contributed by atoms with Crippen molar-refractivity contribution in [2.75, 3.05) is 0 Å². The zero-order valence-electron chi connectivity index (χ0n) is 7.88. The molecule has 15 heavy (non-hydrogen) atoms. The summed E-state index contributed by atoms with van der Waals surface area (Å²) in [5.74, 6) is 0.249. The third kappa shape index (κ3) is 1.13. The summed E-state index contributed by atoms with van der Waals surface area (Å²) in [5, 5.41) is 11.5. The van der Waals surface area contributed by atoms with Crippen LogP contribution in [0.4, 0.5) is 0 Å². The molecule has 3 heteroatoms. The lowest BCUT2D eigenvalue weighted by molar-refractivity contribution is 0.482. The maximum absolute atomic E-state index is 9.80. The lowest BCUT2D eigenvalue weighted by Gasteiger charge is -2.03. The van der Waals surface area contributed by atoms with Gasteiger partial charge in [0, 0.05) is 29.2 Å². The Bertz CT molecular complexity index is 649. The summed E-state index contributed by atoms with van der Waals surface area (Å²) < 4.78 is 0. The molecule has 1 heterocycles. The summed E-state index contributed by atoms with van der Waals surface area (Å²) in [6.07, 6.45) is 3.28. The van der Waals surface area contributed by atoms with Gasteiger partial charge in [0.1, 0.15) is 5.75 Å². The van der Waals surface area contributed by atoms with Crippen LogP contribution in [0.25, 0.3) is 21.8 Å². The number of aromatic nitrogens is 2. The summed E-state index contributed by atoms with van der Waals surface area (Å²) in [4.78, 5) is 8.45. The Morgan fingerprint density at radius 3 is 2.53 bits per heavy atom. The monoisotopic (exact) mass is 196 g/mol. The zero-order chi connectivity index (χ0) is 10.3. The van der Waals surface area contributed by atoms with Crippen LogP contribution in [-0.2, 0) is 0 Å². The molecule has 3 rings (SSSR count). The van der Waals surface area contributed by atoms with Crippen LogP contribution in [0, 0.1) is 0 Å². The van der Waals surface area contributed by atoms with E-state index in [1.54, 1.807) is 18.5 Å². The van der Waals surface area contributed by atoms with E-state index in [1.165, 1.54) is 0 Å². The molecule has 0 aliphatic carbocycles. The number of nitrogens with zero attached hydrogens (tertiary/aromatic N) is 2. The number of phenols is 1. The predicted molar refractivity (Wildman–Crippen MR) is 58.7 cm³/mol. The first-order chi connectivity index (χ1) is 7.36. The predicted octanol–water partition coefficient (Wildman–Crippen LogP) is 2.49. The van der Waals surface area contributed by atoms with Gasteiger partial charge in [0.15, 0.2) is 0 Å². The minimum atomic E-state index is 0.249. The van der Waals surface area contributed by atoms with E-state index in [0.29, 0.717) is 5.52 Å². The molecule has 0 spiro atoms. The van der Waals surface area contributed by atoms with Crippen LogP contribution < -0.4 is 0 Å². The van der Waals surface area contributed by atoms with Gasteiger partial charge in [0.2, 0.25) is 0 Å². The van der Waals surface area contributed by atoms with Crippen molar-refractivity contribution in [3.05, 3.63) is 42.7 Å². The van der Waals surface area contributed by atoms with E-state index in [9.17, 15) is 5.11 Å². The van der Waals surface area contributed by atoms with Crippen molar-refractivity contribution in [2.45, 2.75) is 0 Å². The molecular formula is C12H8N2O. The van der Waals surface area contributed by atoms with E-state index < -0.39 is 0 Å². The molecule has 0 bridgehead atoms. The molecule has 0 saturated heterocycles. The summed E-state index contributed by atoms with van der Waals surface area (Å²) in [5.41, 5.74) is 1.54. The van der Waals surface area contributed by atoms with Crippen molar-refractivity contribution in [3.63, 3.8) is 0 Å². The lowest BCUT2D eigenvalue weighted by atomic mass is 10.1. The first-order valence-electron chi connectivity index (χ1n) is 4.68. The fraction of sp³-hybridized carbons (Fsp3) is 0. The van der Waals surface area contributed by atoms with Crippen LogP contribution in [0.5, 0.6) is 5.75 Å². The van der Waals surface area contributed by atoms with Gasteiger partial charge in [-0.15, -0.1) is 0 Å². The van der Waals surface area contributed by atoms with Gasteiger partial charge in [-0.25, -0.2) is 0 Å². The number of fused-ring (bicyclic) bond motifs is 3. The van der Waals surface area contributed by atoms with Crippen LogP contribution in [0.3, 0.4) is 0 Å². The van der Waals surface area contributed by atoms with Crippen LogP contribution >= 0.6 is 0 Å². The van der Waals surface area contributed by atoms with Crippen molar-refractivity contribution in [1.29, 1.82) is 0 Å². The quantitative estimate of drug-likeness (QED) is 0.562. The zero-order valence-corrected chi connectivity index (χ0v) is 7.88. The molecule has 3 nitrogen and oxygen atoms in total. The highest BCUT2D eigenvalue weighted by atomic mass is 16.3. The number of phenolic OH excluding ortho intramolecular Hbond substituents is 1. The lowest BCUT2D eigenvalue weighted by Crippen LogP contribution is -1.84. The first kappa shape index (κ1) is 8.17. The molecule has 1 N–H and O–H groups in total. The molecule has 0 saturated carbocycles. The van der Waals surface area contributed by atoms with Crippen LogP contribution in [0.1, 0.15) is 0 Å². The van der Waals surface area contributed by atoms with Crippen molar-refractivity contribution in [2.24, 2.45) is 0 Å². The van der Waals surface area contributed by atoms with E-state index in [4.69, 9.17) is 0 Å².